The Kier molecular flexibility index (Phi) is 3.21. The van der Waals surface area contributed by atoms with Gasteiger partial charge in [0.25, 0.3) is 0 Å². The topological polar surface area (TPSA) is 60.9 Å². The van der Waals surface area contributed by atoms with Gasteiger partial charge in [-0.1, -0.05) is 0 Å². The lowest BCUT2D eigenvalue weighted by Gasteiger charge is -2.21. The first-order chi connectivity index (χ1) is 7.23. The van der Waals surface area contributed by atoms with Crippen LogP contribution in [-0.4, -0.2) is 15.7 Å². The van der Waals surface area contributed by atoms with Gasteiger partial charge in [0.05, 0.1) is 11.2 Å². The van der Waals surface area contributed by atoms with Gasteiger partial charge in [0.1, 0.15) is 0 Å². The molecule has 4 nitrogen and oxygen atoms in total. The standard InChI is InChI=1S/C12H19N3O/c1-8-10(6-7-11(13)16)9(2)15(14-8)12(3,4)5/h6-7H,1-5H3,(H2,13,16). The van der Waals surface area contributed by atoms with Crippen LogP contribution in [0.2, 0.25) is 0 Å². The molecule has 1 rings (SSSR count). The van der Waals surface area contributed by atoms with E-state index < -0.39 is 5.91 Å². The van der Waals surface area contributed by atoms with Crippen LogP contribution in [0.1, 0.15) is 37.7 Å². The van der Waals surface area contributed by atoms with Gasteiger partial charge < -0.3 is 5.73 Å². The lowest BCUT2D eigenvalue weighted by molar-refractivity contribution is -0.113. The zero-order valence-electron chi connectivity index (χ0n) is 10.5. The summed E-state index contributed by atoms with van der Waals surface area (Å²) in [5.41, 5.74) is 7.94. The molecular formula is C12H19N3O. The molecule has 0 saturated carbocycles. The van der Waals surface area contributed by atoms with Crippen molar-refractivity contribution in [2.24, 2.45) is 5.73 Å². The fraction of sp³-hybridized carbons (Fsp3) is 0.500. The van der Waals surface area contributed by atoms with Crippen molar-refractivity contribution in [3.8, 4) is 0 Å². The van der Waals surface area contributed by atoms with E-state index in [1.807, 2.05) is 18.5 Å². The zero-order valence-corrected chi connectivity index (χ0v) is 10.5. The second kappa shape index (κ2) is 4.12. The van der Waals surface area contributed by atoms with Crippen LogP contribution >= 0.6 is 0 Å². The van der Waals surface area contributed by atoms with Gasteiger partial charge in [-0.15, -0.1) is 0 Å². The quantitative estimate of drug-likeness (QED) is 0.773. The molecule has 4 heteroatoms. The first kappa shape index (κ1) is 12.5. The predicted molar refractivity (Wildman–Crippen MR) is 64.9 cm³/mol. The van der Waals surface area contributed by atoms with Crippen LogP contribution in [0.3, 0.4) is 0 Å². The Hall–Kier alpha value is -1.58. The van der Waals surface area contributed by atoms with Crippen LogP contribution in [0.15, 0.2) is 6.08 Å². The molecule has 0 unspecified atom stereocenters. The molecule has 88 valence electrons. The van der Waals surface area contributed by atoms with E-state index in [0.717, 1.165) is 17.0 Å². The minimum atomic E-state index is -0.442. The third-order valence-electron chi connectivity index (χ3n) is 2.40. The van der Waals surface area contributed by atoms with E-state index >= 15 is 0 Å². The van der Waals surface area contributed by atoms with Gasteiger partial charge in [0.2, 0.25) is 5.91 Å². The fourth-order valence-electron chi connectivity index (χ4n) is 1.71. The lowest BCUT2D eigenvalue weighted by Crippen LogP contribution is -2.24. The Morgan fingerprint density at radius 1 is 1.38 bits per heavy atom. The fourth-order valence-corrected chi connectivity index (χ4v) is 1.71. The summed E-state index contributed by atoms with van der Waals surface area (Å²) in [5, 5.41) is 4.47. The highest BCUT2D eigenvalue weighted by molar-refractivity contribution is 5.90. The average Bonchev–Trinajstić information content (AvgIpc) is 2.38. The molecule has 1 aromatic heterocycles. The Balaban J connectivity index is 3.23. The first-order valence-corrected chi connectivity index (χ1v) is 5.27. The van der Waals surface area contributed by atoms with Crippen molar-refractivity contribution in [1.29, 1.82) is 0 Å². The Bertz CT molecular complexity index is 436. The van der Waals surface area contributed by atoms with E-state index in [1.54, 1.807) is 6.08 Å². The van der Waals surface area contributed by atoms with Gasteiger partial charge in [0, 0.05) is 17.3 Å². The molecule has 0 saturated heterocycles. The molecule has 0 atom stereocenters. The van der Waals surface area contributed by atoms with Crippen molar-refractivity contribution in [1.82, 2.24) is 9.78 Å². The molecular weight excluding hydrogens is 202 g/mol. The van der Waals surface area contributed by atoms with E-state index in [-0.39, 0.29) is 5.54 Å². The molecule has 0 aromatic carbocycles. The first-order valence-electron chi connectivity index (χ1n) is 5.27. The van der Waals surface area contributed by atoms with Crippen molar-refractivity contribution in [2.45, 2.75) is 40.2 Å². The number of aryl methyl sites for hydroxylation is 1. The summed E-state index contributed by atoms with van der Waals surface area (Å²) in [4.78, 5) is 10.7. The van der Waals surface area contributed by atoms with E-state index in [9.17, 15) is 4.79 Å². The second-order valence-electron chi connectivity index (χ2n) is 4.90. The predicted octanol–water partition coefficient (Wildman–Crippen LogP) is 1.75. The number of nitrogens with two attached hydrogens (primary N) is 1. The van der Waals surface area contributed by atoms with Gasteiger partial charge in [0.15, 0.2) is 0 Å². The van der Waals surface area contributed by atoms with Gasteiger partial charge in [-0.3, -0.25) is 9.48 Å². The number of hydrogen-bond donors (Lipinski definition) is 1. The maximum absolute atomic E-state index is 10.7. The van der Waals surface area contributed by atoms with Crippen molar-refractivity contribution >= 4 is 12.0 Å². The maximum atomic E-state index is 10.7. The molecule has 0 aliphatic heterocycles. The largest absolute Gasteiger partial charge is 0.366 e. The Labute approximate surface area is 96.1 Å². The summed E-state index contributed by atoms with van der Waals surface area (Å²) in [6, 6.07) is 0. The van der Waals surface area contributed by atoms with E-state index in [0.29, 0.717) is 0 Å². The number of carbonyl (C=O) groups is 1. The summed E-state index contributed by atoms with van der Waals surface area (Å²) in [7, 11) is 0. The van der Waals surface area contributed by atoms with Crippen LogP contribution in [0, 0.1) is 13.8 Å². The molecule has 1 amide bonds. The summed E-state index contributed by atoms with van der Waals surface area (Å²) in [6.07, 6.45) is 3.09. The smallest absolute Gasteiger partial charge is 0.241 e. The average molecular weight is 221 g/mol. The number of aromatic nitrogens is 2. The summed E-state index contributed by atoms with van der Waals surface area (Å²) < 4.78 is 1.96. The van der Waals surface area contributed by atoms with Crippen LogP contribution in [-0.2, 0) is 10.3 Å². The van der Waals surface area contributed by atoms with Crippen LogP contribution < -0.4 is 5.73 Å². The SMILES string of the molecule is Cc1nn(C(C)(C)C)c(C)c1C=CC(N)=O. The highest BCUT2D eigenvalue weighted by atomic mass is 16.1. The zero-order chi connectivity index (χ0) is 12.5. The van der Waals surface area contributed by atoms with Crippen molar-refractivity contribution in [2.75, 3.05) is 0 Å². The van der Waals surface area contributed by atoms with E-state index in [1.165, 1.54) is 6.08 Å². The molecule has 2 N–H and O–H groups in total. The summed E-state index contributed by atoms with van der Waals surface area (Å²) in [5.74, 6) is -0.442. The number of carbonyl (C=O) groups excluding carboxylic acids is 1. The van der Waals surface area contributed by atoms with E-state index in [4.69, 9.17) is 5.73 Å². The van der Waals surface area contributed by atoms with Gasteiger partial charge >= 0.3 is 0 Å². The molecule has 0 bridgehead atoms. The molecule has 0 radical (unpaired) electrons. The van der Waals surface area contributed by atoms with Crippen LogP contribution in [0.5, 0.6) is 0 Å². The van der Waals surface area contributed by atoms with Gasteiger partial charge in [-0.2, -0.15) is 5.10 Å². The Morgan fingerprint density at radius 2 is 1.94 bits per heavy atom. The molecule has 1 heterocycles. The number of amides is 1. The molecule has 0 fully saturated rings. The van der Waals surface area contributed by atoms with Crippen molar-refractivity contribution in [3.05, 3.63) is 23.0 Å². The van der Waals surface area contributed by atoms with Crippen molar-refractivity contribution < 1.29 is 4.79 Å². The lowest BCUT2D eigenvalue weighted by atomic mass is 10.1. The highest BCUT2D eigenvalue weighted by Crippen LogP contribution is 2.22. The monoisotopic (exact) mass is 221 g/mol. The minimum Gasteiger partial charge on any atom is -0.366 e. The third-order valence-corrected chi connectivity index (χ3v) is 2.40. The van der Waals surface area contributed by atoms with Gasteiger partial charge in [-0.05, 0) is 40.7 Å². The number of primary amides is 1. The molecule has 16 heavy (non-hydrogen) atoms. The maximum Gasteiger partial charge on any atom is 0.241 e. The number of rotatable bonds is 2. The summed E-state index contributed by atoms with van der Waals surface area (Å²) in [6.45, 7) is 10.2. The second-order valence-corrected chi connectivity index (χ2v) is 4.90. The number of nitrogens with zero attached hydrogens (tertiary/aromatic N) is 2. The molecule has 0 aliphatic rings. The van der Waals surface area contributed by atoms with Gasteiger partial charge in [-0.25, -0.2) is 0 Å². The third kappa shape index (κ3) is 2.51. The molecule has 1 aromatic rings. The Morgan fingerprint density at radius 3 is 2.31 bits per heavy atom. The minimum absolute atomic E-state index is 0.0618. The number of hydrogen-bond acceptors (Lipinski definition) is 2. The molecule has 0 spiro atoms. The highest BCUT2D eigenvalue weighted by Gasteiger charge is 2.19. The van der Waals surface area contributed by atoms with Crippen molar-refractivity contribution in [3.63, 3.8) is 0 Å². The normalized spacial score (nSPS) is 12.3. The van der Waals surface area contributed by atoms with Crippen LogP contribution in [0.4, 0.5) is 0 Å². The van der Waals surface area contributed by atoms with Crippen LogP contribution in [0.25, 0.3) is 6.08 Å². The van der Waals surface area contributed by atoms with E-state index in [2.05, 4.69) is 25.9 Å². The summed E-state index contributed by atoms with van der Waals surface area (Å²) >= 11 is 0. The molecule has 0 aliphatic carbocycles.